The van der Waals surface area contributed by atoms with Gasteiger partial charge in [0.15, 0.2) is 0 Å². The van der Waals surface area contributed by atoms with Gasteiger partial charge in [0.2, 0.25) is 0 Å². The van der Waals surface area contributed by atoms with Gasteiger partial charge in [-0.05, 0) is 55.2 Å². The molecule has 0 radical (unpaired) electrons. The van der Waals surface area contributed by atoms with E-state index in [1.165, 1.54) is 44.1 Å². The second-order valence-electron chi connectivity index (χ2n) is 6.07. The molecule has 0 heterocycles. The first kappa shape index (κ1) is 12.2. The molecule has 0 atom stereocenters. The van der Waals surface area contributed by atoms with Crippen molar-refractivity contribution in [2.75, 3.05) is 13.2 Å². The molecule has 1 aromatic carbocycles. The first-order valence-corrected chi connectivity index (χ1v) is 7.24. The fraction of sp³-hybridized carbons (Fsp3) is 0.625. The van der Waals surface area contributed by atoms with Crippen LogP contribution in [-0.2, 0) is 19.4 Å². The molecule has 2 aliphatic rings. The Hall–Kier alpha value is -0.860. The summed E-state index contributed by atoms with van der Waals surface area (Å²) < 4.78 is 0. The molecule has 0 saturated heterocycles. The Morgan fingerprint density at radius 1 is 1.11 bits per heavy atom. The van der Waals surface area contributed by atoms with Crippen LogP contribution < -0.4 is 5.32 Å². The van der Waals surface area contributed by atoms with E-state index in [2.05, 4.69) is 23.5 Å². The van der Waals surface area contributed by atoms with E-state index in [1.807, 2.05) is 0 Å². The highest BCUT2D eigenvalue weighted by Crippen LogP contribution is 2.44. The van der Waals surface area contributed by atoms with Gasteiger partial charge in [0.05, 0.1) is 0 Å². The van der Waals surface area contributed by atoms with Crippen LogP contribution in [0.3, 0.4) is 0 Å². The fourth-order valence-corrected chi connectivity index (χ4v) is 2.94. The maximum atomic E-state index is 9.27. The Balaban J connectivity index is 1.56. The van der Waals surface area contributed by atoms with Crippen molar-refractivity contribution in [1.82, 2.24) is 5.32 Å². The highest BCUT2D eigenvalue weighted by Gasteiger charge is 2.41. The molecule has 98 valence electrons. The van der Waals surface area contributed by atoms with Crippen LogP contribution in [-0.4, -0.2) is 18.3 Å². The smallest absolute Gasteiger partial charge is 0.0499 e. The lowest BCUT2D eigenvalue weighted by Gasteiger charge is -2.17. The quantitative estimate of drug-likeness (QED) is 0.835. The van der Waals surface area contributed by atoms with Crippen LogP contribution in [0.5, 0.6) is 0 Å². The van der Waals surface area contributed by atoms with Crippen molar-refractivity contribution in [2.24, 2.45) is 5.41 Å². The second-order valence-corrected chi connectivity index (χ2v) is 6.07. The summed E-state index contributed by atoms with van der Waals surface area (Å²) in [6, 6.07) is 6.94. The first-order valence-electron chi connectivity index (χ1n) is 7.24. The van der Waals surface area contributed by atoms with Crippen molar-refractivity contribution < 1.29 is 5.11 Å². The average molecular weight is 245 g/mol. The SMILES string of the molecule is OCC1(CNCc2ccc3c(c2)CCCC3)CC1. The van der Waals surface area contributed by atoms with Crippen molar-refractivity contribution in [3.05, 3.63) is 34.9 Å². The minimum atomic E-state index is 0.216. The molecular weight excluding hydrogens is 222 g/mol. The molecule has 0 aromatic heterocycles. The number of hydrogen-bond acceptors (Lipinski definition) is 2. The number of aliphatic hydroxyl groups excluding tert-OH is 1. The summed E-state index contributed by atoms with van der Waals surface area (Å²) >= 11 is 0. The minimum Gasteiger partial charge on any atom is -0.396 e. The Morgan fingerprint density at radius 2 is 1.89 bits per heavy atom. The third kappa shape index (κ3) is 2.60. The van der Waals surface area contributed by atoms with Crippen LogP contribution in [0.1, 0.15) is 42.4 Å². The predicted molar refractivity (Wildman–Crippen MR) is 73.5 cm³/mol. The highest BCUT2D eigenvalue weighted by atomic mass is 16.3. The lowest BCUT2D eigenvalue weighted by atomic mass is 9.90. The topological polar surface area (TPSA) is 32.3 Å². The van der Waals surface area contributed by atoms with Gasteiger partial charge in [-0.2, -0.15) is 0 Å². The summed E-state index contributed by atoms with van der Waals surface area (Å²) in [5, 5.41) is 12.8. The number of aryl methyl sites for hydroxylation is 2. The third-order valence-electron chi connectivity index (χ3n) is 4.53. The molecule has 3 rings (SSSR count). The molecule has 1 aromatic rings. The molecule has 0 amide bonds. The third-order valence-corrected chi connectivity index (χ3v) is 4.53. The molecule has 18 heavy (non-hydrogen) atoms. The fourth-order valence-electron chi connectivity index (χ4n) is 2.94. The summed E-state index contributed by atoms with van der Waals surface area (Å²) in [5.41, 5.74) is 4.72. The Kier molecular flexibility index (Phi) is 3.40. The van der Waals surface area contributed by atoms with Crippen molar-refractivity contribution in [2.45, 2.75) is 45.1 Å². The van der Waals surface area contributed by atoms with Gasteiger partial charge in [0, 0.05) is 25.1 Å². The van der Waals surface area contributed by atoms with Gasteiger partial charge in [-0.1, -0.05) is 18.2 Å². The van der Waals surface area contributed by atoms with E-state index in [0.717, 1.165) is 13.1 Å². The van der Waals surface area contributed by atoms with E-state index in [9.17, 15) is 5.11 Å². The Bertz CT molecular complexity index is 423. The molecule has 2 heteroatoms. The van der Waals surface area contributed by atoms with Crippen LogP contribution in [0.15, 0.2) is 18.2 Å². The minimum absolute atomic E-state index is 0.216. The lowest BCUT2D eigenvalue weighted by molar-refractivity contribution is 0.207. The molecule has 1 fully saturated rings. The summed E-state index contributed by atoms with van der Waals surface area (Å²) in [6.45, 7) is 2.24. The molecule has 2 nitrogen and oxygen atoms in total. The van der Waals surface area contributed by atoms with Crippen LogP contribution in [0, 0.1) is 5.41 Å². The standard InChI is InChI=1S/C16H23NO/c18-12-16(7-8-16)11-17-10-13-5-6-14-3-1-2-4-15(14)9-13/h5-6,9,17-18H,1-4,7-8,10-12H2. The van der Waals surface area contributed by atoms with E-state index >= 15 is 0 Å². The molecule has 0 aliphatic heterocycles. The normalized spacial score (nSPS) is 20.5. The van der Waals surface area contributed by atoms with E-state index in [4.69, 9.17) is 0 Å². The van der Waals surface area contributed by atoms with Gasteiger partial charge < -0.3 is 10.4 Å². The average Bonchev–Trinajstić information content (AvgIpc) is 3.19. The Labute approximate surface area is 109 Å². The van der Waals surface area contributed by atoms with Crippen molar-refractivity contribution >= 4 is 0 Å². The van der Waals surface area contributed by atoms with Crippen molar-refractivity contribution in [3.63, 3.8) is 0 Å². The molecule has 2 N–H and O–H groups in total. The monoisotopic (exact) mass is 245 g/mol. The molecule has 1 saturated carbocycles. The van der Waals surface area contributed by atoms with Gasteiger partial charge >= 0.3 is 0 Å². The number of aliphatic hydroxyl groups is 1. The van der Waals surface area contributed by atoms with Crippen LogP contribution in [0.4, 0.5) is 0 Å². The van der Waals surface area contributed by atoms with Crippen LogP contribution >= 0.6 is 0 Å². The molecule has 0 spiro atoms. The van der Waals surface area contributed by atoms with Gasteiger partial charge in [-0.25, -0.2) is 0 Å². The largest absolute Gasteiger partial charge is 0.396 e. The number of fused-ring (bicyclic) bond motifs is 1. The zero-order valence-corrected chi connectivity index (χ0v) is 11.0. The summed E-state index contributed by atoms with van der Waals surface area (Å²) in [7, 11) is 0. The summed E-state index contributed by atoms with van der Waals surface area (Å²) in [6.07, 6.45) is 7.57. The zero-order chi connectivity index (χ0) is 12.4. The van der Waals surface area contributed by atoms with Crippen LogP contribution in [0.25, 0.3) is 0 Å². The van der Waals surface area contributed by atoms with E-state index in [0.29, 0.717) is 6.61 Å². The predicted octanol–water partition coefficient (Wildman–Crippen LogP) is 2.43. The number of benzene rings is 1. The van der Waals surface area contributed by atoms with E-state index in [-0.39, 0.29) is 5.41 Å². The van der Waals surface area contributed by atoms with E-state index in [1.54, 1.807) is 11.1 Å². The zero-order valence-electron chi connectivity index (χ0n) is 11.0. The number of hydrogen-bond donors (Lipinski definition) is 2. The maximum Gasteiger partial charge on any atom is 0.0499 e. The first-order chi connectivity index (χ1) is 8.81. The summed E-state index contributed by atoms with van der Waals surface area (Å²) in [5.74, 6) is 0. The molecular formula is C16H23NO. The maximum absolute atomic E-state index is 9.27. The van der Waals surface area contributed by atoms with Crippen molar-refractivity contribution in [1.29, 1.82) is 0 Å². The van der Waals surface area contributed by atoms with Gasteiger partial charge in [0.25, 0.3) is 0 Å². The highest BCUT2D eigenvalue weighted by molar-refractivity contribution is 5.33. The van der Waals surface area contributed by atoms with Gasteiger partial charge in [-0.3, -0.25) is 0 Å². The van der Waals surface area contributed by atoms with Gasteiger partial charge in [0.1, 0.15) is 0 Å². The van der Waals surface area contributed by atoms with Gasteiger partial charge in [-0.15, -0.1) is 0 Å². The lowest BCUT2D eigenvalue weighted by Crippen LogP contribution is -2.26. The number of rotatable bonds is 5. The van der Waals surface area contributed by atoms with Crippen LogP contribution in [0.2, 0.25) is 0 Å². The molecule has 0 unspecified atom stereocenters. The second kappa shape index (κ2) is 5.02. The molecule has 2 aliphatic carbocycles. The van der Waals surface area contributed by atoms with Crippen molar-refractivity contribution in [3.8, 4) is 0 Å². The molecule has 0 bridgehead atoms. The van der Waals surface area contributed by atoms with E-state index < -0.39 is 0 Å². The summed E-state index contributed by atoms with van der Waals surface area (Å²) in [4.78, 5) is 0. The Morgan fingerprint density at radius 3 is 2.61 bits per heavy atom. The number of nitrogens with one attached hydrogen (secondary N) is 1.